The number of nitrogens with zero attached hydrogens (tertiary/aromatic N) is 2. The van der Waals surface area contributed by atoms with Crippen molar-refractivity contribution in [2.24, 2.45) is 10.2 Å². The number of amides is 2. The van der Waals surface area contributed by atoms with Crippen molar-refractivity contribution in [2.75, 3.05) is 0 Å². The van der Waals surface area contributed by atoms with Gasteiger partial charge in [-0.25, -0.2) is 10.9 Å². The van der Waals surface area contributed by atoms with E-state index in [1.165, 1.54) is 12.4 Å². The minimum atomic E-state index is -0.357. The van der Waals surface area contributed by atoms with E-state index in [4.69, 9.17) is 23.2 Å². The molecule has 0 bridgehead atoms. The smallest absolute Gasteiger partial charge is 0.267 e. The van der Waals surface area contributed by atoms with Gasteiger partial charge in [0.15, 0.2) is 0 Å². The Morgan fingerprint density at radius 3 is 1.37 bits per heavy atom. The van der Waals surface area contributed by atoms with E-state index in [-0.39, 0.29) is 11.8 Å². The van der Waals surface area contributed by atoms with Gasteiger partial charge in [0.1, 0.15) is 0 Å². The van der Waals surface area contributed by atoms with Crippen LogP contribution in [0, 0.1) is 0 Å². The minimum Gasteiger partial charge on any atom is -0.267 e. The number of nitrogens with one attached hydrogen (secondary N) is 2. The van der Waals surface area contributed by atoms with Crippen LogP contribution in [0.15, 0.2) is 83.0 Å². The molecule has 0 radical (unpaired) electrons. The molecule has 150 valence electrons. The molecule has 0 spiro atoms. The first kappa shape index (κ1) is 21.2. The summed E-state index contributed by atoms with van der Waals surface area (Å²) < 4.78 is 0. The molecule has 0 unspecified atom stereocenters. The molecule has 0 aromatic heterocycles. The lowest BCUT2D eigenvalue weighted by Gasteiger charge is -2.02. The average Bonchev–Trinajstić information content (AvgIpc) is 2.75. The summed E-state index contributed by atoms with van der Waals surface area (Å²) in [6.45, 7) is 0. The van der Waals surface area contributed by atoms with Crippen molar-refractivity contribution in [1.29, 1.82) is 0 Å². The van der Waals surface area contributed by atoms with Crippen molar-refractivity contribution in [2.45, 2.75) is 0 Å². The van der Waals surface area contributed by atoms with Crippen LogP contribution in [0.25, 0.3) is 0 Å². The molecule has 8 heteroatoms. The van der Waals surface area contributed by atoms with E-state index in [1.807, 2.05) is 12.1 Å². The van der Waals surface area contributed by atoms with Crippen molar-refractivity contribution in [3.63, 3.8) is 0 Å². The summed E-state index contributed by atoms with van der Waals surface area (Å²) in [5, 5.41) is 9.06. The van der Waals surface area contributed by atoms with Crippen molar-refractivity contribution in [3.05, 3.63) is 105 Å². The lowest BCUT2D eigenvalue weighted by molar-refractivity contribution is 0.0947. The maximum Gasteiger partial charge on any atom is 0.271 e. The Balaban J connectivity index is 1.62. The van der Waals surface area contributed by atoms with E-state index >= 15 is 0 Å². The van der Waals surface area contributed by atoms with Crippen LogP contribution < -0.4 is 10.9 Å². The molecule has 0 aliphatic rings. The van der Waals surface area contributed by atoms with Crippen molar-refractivity contribution >= 4 is 47.4 Å². The Hall–Kier alpha value is -3.48. The van der Waals surface area contributed by atoms with Crippen molar-refractivity contribution in [1.82, 2.24) is 10.9 Å². The van der Waals surface area contributed by atoms with Gasteiger partial charge in [-0.15, -0.1) is 0 Å². The van der Waals surface area contributed by atoms with Gasteiger partial charge in [0, 0.05) is 32.3 Å². The number of carbonyl (C=O) groups is 2. The van der Waals surface area contributed by atoms with Gasteiger partial charge >= 0.3 is 0 Å². The molecule has 0 heterocycles. The molecule has 0 aliphatic heterocycles. The Morgan fingerprint density at radius 2 is 1.00 bits per heavy atom. The summed E-state index contributed by atoms with van der Waals surface area (Å²) >= 11 is 11.6. The molecule has 0 aliphatic carbocycles. The molecule has 2 amide bonds. The molecule has 3 aromatic carbocycles. The van der Waals surface area contributed by atoms with Crippen LogP contribution in [0.2, 0.25) is 10.0 Å². The van der Waals surface area contributed by atoms with Gasteiger partial charge in [-0.05, 0) is 48.5 Å². The summed E-state index contributed by atoms with van der Waals surface area (Å²) in [6.07, 6.45) is 2.99. The highest BCUT2D eigenvalue weighted by Crippen LogP contribution is 2.10. The van der Waals surface area contributed by atoms with Crippen LogP contribution in [0.1, 0.15) is 31.8 Å². The molecule has 3 aromatic rings. The van der Waals surface area contributed by atoms with Gasteiger partial charge in [-0.2, -0.15) is 10.2 Å². The van der Waals surface area contributed by atoms with Gasteiger partial charge in [-0.1, -0.05) is 47.5 Å². The zero-order chi connectivity index (χ0) is 21.3. The van der Waals surface area contributed by atoms with Crippen LogP contribution in [-0.2, 0) is 0 Å². The van der Waals surface area contributed by atoms with E-state index < -0.39 is 0 Å². The van der Waals surface area contributed by atoms with Crippen LogP contribution >= 0.6 is 23.2 Å². The highest BCUT2D eigenvalue weighted by atomic mass is 35.5. The van der Waals surface area contributed by atoms with E-state index in [0.29, 0.717) is 32.3 Å². The van der Waals surface area contributed by atoms with E-state index in [1.54, 1.807) is 60.7 Å². The summed E-state index contributed by atoms with van der Waals surface area (Å²) in [5.41, 5.74) is 7.21. The van der Waals surface area contributed by atoms with Crippen molar-refractivity contribution < 1.29 is 9.59 Å². The van der Waals surface area contributed by atoms with Gasteiger partial charge in [-0.3, -0.25) is 9.59 Å². The van der Waals surface area contributed by atoms with Gasteiger partial charge < -0.3 is 0 Å². The number of halogens is 2. The summed E-state index contributed by atoms with van der Waals surface area (Å²) in [5.74, 6) is -0.714. The van der Waals surface area contributed by atoms with E-state index in [0.717, 1.165) is 0 Å². The van der Waals surface area contributed by atoms with Crippen LogP contribution in [0.4, 0.5) is 0 Å². The number of hydrogen-bond donors (Lipinski definition) is 2. The molecule has 0 saturated heterocycles. The average molecular weight is 439 g/mol. The van der Waals surface area contributed by atoms with Crippen molar-refractivity contribution in [3.8, 4) is 0 Å². The number of hydrazone groups is 2. The predicted molar refractivity (Wildman–Crippen MR) is 119 cm³/mol. The molecule has 2 N–H and O–H groups in total. The molecular weight excluding hydrogens is 423 g/mol. The topological polar surface area (TPSA) is 82.9 Å². The predicted octanol–water partition coefficient (Wildman–Crippen LogP) is 4.52. The maximum absolute atomic E-state index is 12.1. The van der Waals surface area contributed by atoms with E-state index in [9.17, 15) is 9.59 Å². The molecule has 0 atom stereocenters. The normalized spacial score (nSPS) is 11.0. The Labute approximate surface area is 183 Å². The van der Waals surface area contributed by atoms with Gasteiger partial charge in [0.25, 0.3) is 11.8 Å². The molecule has 30 heavy (non-hydrogen) atoms. The summed E-state index contributed by atoms with van der Waals surface area (Å²) in [4.78, 5) is 24.2. The Bertz CT molecular complexity index is 1010. The maximum atomic E-state index is 12.1. The summed E-state index contributed by atoms with van der Waals surface area (Å²) in [6, 6.07) is 20.2. The SMILES string of the molecule is O=C(N/N=C/c1ccccc1/C=N/NC(=O)c1ccc(Cl)cc1)c1ccc(Cl)cc1. The number of carbonyl (C=O) groups excluding carboxylic acids is 2. The van der Waals surface area contributed by atoms with Crippen LogP contribution in [0.5, 0.6) is 0 Å². The monoisotopic (exact) mass is 438 g/mol. The second kappa shape index (κ2) is 10.3. The van der Waals surface area contributed by atoms with Crippen LogP contribution in [-0.4, -0.2) is 24.2 Å². The third kappa shape index (κ3) is 6.01. The fraction of sp³-hybridized carbons (Fsp3) is 0. The third-order valence-electron chi connectivity index (χ3n) is 3.95. The van der Waals surface area contributed by atoms with Crippen LogP contribution in [0.3, 0.4) is 0 Å². The zero-order valence-corrected chi connectivity index (χ0v) is 17.1. The fourth-order valence-electron chi connectivity index (χ4n) is 2.40. The fourth-order valence-corrected chi connectivity index (χ4v) is 2.65. The number of benzene rings is 3. The number of rotatable bonds is 6. The zero-order valence-electron chi connectivity index (χ0n) is 15.5. The van der Waals surface area contributed by atoms with E-state index in [2.05, 4.69) is 21.1 Å². The first-order valence-corrected chi connectivity index (χ1v) is 9.55. The minimum absolute atomic E-state index is 0.357. The lowest BCUT2D eigenvalue weighted by atomic mass is 10.1. The quantitative estimate of drug-likeness (QED) is 0.437. The molecular formula is C22H16Cl2N4O2. The largest absolute Gasteiger partial charge is 0.271 e. The second-order valence-electron chi connectivity index (χ2n) is 6.04. The molecule has 0 saturated carbocycles. The lowest BCUT2D eigenvalue weighted by Crippen LogP contribution is -2.18. The Morgan fingerprint density at radius 1 is 0.633 bits per heavy atom. The molecule has 6 nitrogen and oxygen atoms in total. The standard InChI is InChI=1S/C22H16Cl2N4O2/c23-19-9-5-15(6-10-19)21(29)27-25-13-17-3-1-2-4-18(17)14-26-28-22(30)16-7-11-20(24)12-8-16/h1-14H,(H,27,29)(H,28,30)/b25-13+,26-14+. The second-order valence-corrected chi connectivity index (χ2v) is 6.91. The molecule has 3 rings (SSSR count). The molecule has 0 fully saturated rings. The first-order valence-electron chi connectivity index (χ1n) is 8.80. The van der Waals surface area contributed by atoms with Gasteiger partial charge in [0.05, 0.1) is 12.4 Å². The summed E-state index contributed by atoms with van der Waals surface area (Å²) in [7, 11) is 0. The highest BCUT2D eigenvalue weighted by Gasteiger charge is 2.05. The van der Waals surface area contributed by atoms with Gasteiger partial charge in [0.2, 0.25) is 0 Å². The number of hydrogen-bond acceptors (Lipinski definition) is 4. The first-order chi connectivity index (χ1) is 14.5. The third-order valence-corrected chi connectivity index (χ3v) is 4.45. The Kier molecular flexibility index (Phi) is 7.32. The highest BCUT2D eigenvalue weighted by molar-refractivity contribution is 6.31.